The second kappa shape index (κ2) is 5.79. The fourth-order valence-corrected chi connectivity index (χ4v) is 1.72. The summed E-state index contributed by atoms with van der Waals surface area (Å²) in [6.45, 7) is 7.63. The van der Waals surface area contributed by atoms with E-state index in [9.17, 15) is 18.4 Å². The van der Waals surface area contributed by atoms with Gasteiger partial charge < -0.3 is 14.8 Å². The third kappa shape index (κ3) is 4.24. The molecule has 0 aliphatic heterocycles. The normalized spacial score (nSPS) is 14.2. The Labute approximate surface area is 122 Å². The molecule has 4 nitrogen and oxygen atoms in total. The molecule has 1 aromatic rings. The van der Waals surface area contributed by atoms with Crippen molar-refractivity contribution < 1.29 is 23.1 Å². The number of rotatable bonds is 3. The highest BCUT2D eigenvalue weighted by Gasteiger charge is 2.33. The minimum absolute atomic E-state index is 0.113. The van der Waals surface area contributed by atoms with Gasteiger partial charge in [0.25, 0.3) is 0 Å². The number of hydrogen-bond donors (Lipinski definition) is 1. The summed E-state index contributed by atoms with van der Waals surface area (Å²) < 4.78 is 32.6. The largest absolute Gasteiger partial charge is 0.444 e. The molecule has 0 fully saturated rings. The number of aryl methyl sites for hydroxylation is 1. The number of carbonyl (C=O) groups is 2. The SMILES string of the molecule is Cc1cc(F)c(C(C)(C=O)NC(=O)OC(C)(C)C)cc1F. The second-order valence-electron chi connectivity index (χ2n) is 6.03. The zero-order chi connectivity index (χ0) is 16.4. The van der Waals surface area contributed by atoms with Crippen LogP contribution in [-0.4, -0.2) is 18.0 Å². The third-order valence-corrected chi connectivity index (χ3v) is 2.80. The molecular formula is C15H19F2NO3. The van der Waals surface area contributed by atoms with Crippen molar-refractivity contribution in [2.75, 3.05) is 0 Å². The van der Waals surface area contributed by atoms with Crippen molar-refractivity contribution in [2.45, 2.75) is 45.8 Å². The predicted octanol–water partition coefficient (Wildman–Crippen LogP) is 3.21. The van der Waals surface area contributed by atoms with Crippen molar-refractivity contribution in [1.29, 1.82) is 0 Å². The van der Waals surface area contributed by atoms with Gasteiger partial charge in [-0.25, -0.2) is 13.6 Å². The first-order chi connectivity index (χ1) is 9.48. The molecule has 0 saturated carbocycles. The van der Waals surface area contributed by atoms with E-state index in [1.54, 1.807) is 20.8 Å². The Kier molecular flexibility index (Phi) is 4.71. The molecule has 0 saturated heterocycles. The number of alkyl carbamates (subject to hydrolysis) is 1. The molecule has 116 valence electrons. The number of aldehydes is 1. The predicted molar refractivity (Wildman–Crippen MR) is 73.9 cm³/mol. The van der Waals surface area contributed by atoms with Crippen LogP contribution in [0.15, 0.2) is 12.1 Å². The number of hydrogen-bond acceptors (Lipinski definition) is 3. The maximum Gasteiger partial charge on any atom is 0.408 e. The van der Waals surface area contributed by atoms with Crippen LogP contribution in [0.2, 0.25) is 0 Å². The average molecular weight is 299 g/mol. The smallest absolute Gasteiger partial charge is 0.408 e. The highest BCUT2D eigenvalue weighted by atomic mass is 19.1. The molecule has 1 N–H and O–H groups in total. The number of nitrogens with one attached hydrogen (secondary N) is 1. The first kappa shape index (κ1) is 17.1. The topological polar surface area (TPSA) is 55.4 Å². The summed E-state index contributed by atoms with van der Waals surface area (Å²) in [5, 5.41) is 2.27. The molecule has 1 unspecified atom stereocenters. The van der Waals surface area contributed by atoms with E-state index in [2.05, 4.69) is 5.32 Å². The van der Waals surface area contributed by atoms with E-state index < -0.39 is 28.9 Å². The second-order valence-corrected chi connectivity index (χ2v) is 6.03. The molecule has 0 heterocycles. The van der Waals surface area contributed by atoms with Crippen LogP contribution in [0.25, 0.3) is 0 Å². The van der Waals surface area contributed by atoms with Gasteiger partial charge in [0.15, 0.2) is 0 Å². The molecular weight excluding hydrogens is 280 g/mol. The molecule has 0 spiro atoms. The van der Waals surface area contributed by atoms with Crippen molar-refractivity contribution in [3.8, 4) is 0 Å². The molecule has 0 bridgehead atoms. The molecule has 1 amide bonds. The molecule has 6 heteroatoms. The van der Waals surface area contributed by atoms with Crippen molar-refractivity contribution in [3.63, 3.8) is 0 Å². The fourth-order valence-electron chi connectivity index (χ4n) is 1.72. The molecule has 0 radical (unpaired) electrons. The van der Waals surface area contributed by atoms with Gasteiger partial charge in [0.2, 0.25) is 0 Å². The molecule has 1 rings (SSSR count). The van der Waals surface area contributed by atoms with Gasteiger partial charge in [0.1, 0.15) is 29.1 Å². The molecule has 1 atom stereocenters. The Morgan fingerprint density at radius 2 is 1.76 bits per heavy atom. The number of ether oxygens (including phenoxy) is 1. The van der Waals surface area contributed by atoms with Crippen LogP contribution in [0, 0.1) is 18.6 Å². The summed E-state index contributed by atoms with van der Waals surface area (Å²) in [5.41, 5.74) is -2.64. The van der Waals surface area contributed by atoms with Gasteiger partial charge in [-0.05, 0) is 52.3 Å². The van der Waals surface area contributed by atoms with Gasteiger partial charge in [-0.3, -0.25) is 0 Å². The van der Waals surface area contributed by atoms with Gasteiger partial charge in [0.05, 0.1) is 0 Å². The van der Waals surface area contributed by atoms with E-state index in [4.69, 9.17) is 4.74 Å². The lowest BCUT2D eigenvalue weighted by molar-refractivity contribution is -0.113. The summed E-state index contributed by atoms with van der Waals surface area (Å²) in [7, 11) is 0. The summed E-state index contributed by atoms with van der Waals surface area (Å²) >= 11 is 0. The van der Waals surface area contributed by atoms with Crippen molar-refractivity contribution >= 4 is 12.4 Å². The minimum atomic E-state index is -1.72. The Morgan fingerprint density at radius 3 is 2.24 bits per heavy atom. The van der Waals surface area contributed by atoms with Gasteiger partial charge >= 0.3 is 6.09 Å². The number of halogens is 2. The monoisotopic (exact) mass is 299 g/mol. The Balaban J connectivity index is 3.13. The quantitative estimate of drug-likeness (QED) is 0.872. The lowest BCUT2D eigenvalue weighted by atomic mass is 9.92. The Morgan fingerprint density at radius 1 is 1.19 bits per heavy atom. The van der Waals surface area contributed by atoms with Crippen LogP contribution < -0.4 is 5.32 Å². The summed E-state index contributed by atoms with van der Waals surface area (Å²) in [6.07, 6.45) is -0.554. The number of benzene rings is 1. The van der Waals surface area contributed by atoms with Crippen molar-refractivity contribution in [3.05, 3.63) is 34.9 Å². The van der Waals surface area contributed by atoms with Crippen molar-refractivity contribution in [1.82, 2.24) is 5.32 Å². The first-order valence-electron chi connectivity index (χ1n) is 6.42. The molecule has 21 heavy (non-hydrogen) atoms. The zero-order valence-electron chi connectivity index (χ0n) is 12.7. The van der Waals surface area contributed by atoms with E-state index in [0.717, 1.165) is 12.1 Å². The van der Waals surface area contributed by atoms with Crippen LogP contribution in [0.5, 0.6) is 0 Å². The maximum atomic E-state index is 14.0. The van der Waals surface area contributed by atoms with Crippen LogP contribution in [0.4, 0.5) is 13.6 Å². The zero-order valence-corrected chi connectivity index (χ0v) is 12.7. The van der Waals surface area contributed by atoms with E-state index in [1.165, 1.54) is 13.8 Å². The van der Waals surface area contributed by atoms with Gasteiger partial charge in [-0.15, -0.1) is 0 Å². The van der Waals surface area contributed by atoms with Crippen LogP contribution in [0.3, 0.4) is 0 Å². The van der Waals surface area contributed by atoms with Crippen LogP contribution in [0.1, 0.15) is 38.8 Å². The minimum Gasteiger partial charge on any atom is -0.444 e. The summed E-state index contributed by atoms with van der Waals surface area (Å²) in [5.74, 6) is -1.44. The average Bonchev–Trinajstić information content (AvgIpc) is 2.31. The Bertz CT molecular complexity index is 567. The van der Waals surface area contributed by atoms with E-state index in [-0.39, 0.29) is 11.1 Å². The third-order valence-electron chi connectivity index (χ3n) is 2.80. The number of carbonyl (C=O) groups excluding carboxylic acids is 2. The maximum absolute atomic E-state index is 14.0. The Hall–Kier alpha value is -1.98. The van der Waals surface area contributed by atoms with E-state index >= 15 is 0 Å². The van der Waals surface area contributed by atoms with Gasteiger partial charge in [0, 0.05) is 5.56 Å². The van der Waals surface area contributed by atoms with Gasteiger partial charge in [-0.1, -0.05) is 0 Å². The molecule has 0 aliphatic rings. The van der Waals surface area contributed by atoms with E-state index in [0.29, 0.717) is 6.29 Å². The van der Waals surface area contributed by atoms with Gasteiger partial charge in [-0.2, -0.15) is 0 Å². The summed E-state index contributed by atoms with van der Waals surface area (Å²) in [4.78, 5) is 23.1. The molecule has 0 aromatic heterocycles. The highest BCUT2D eigenvalue weighted by Crippen LogP contribution is 2.25. The number of amides is 1. The van der Waals surface area contributed by atoms with Crippen molar-refractivity contribution in [2.24, 2.45) is 0 Å². The standard InChI is InChI=1S/C15H19F2NO3/c1-9-6-12(17)10(7-11(9)16)15(5,8-19)18-13(20)21-14(2,3)4/h6-8H,1-5H3,(H,18,20). The molecule has 1 aromatic carbocycles. The fraction of sp³-hybridized carbons (Fsp3) is 0.467. The van der Waals surface area contributed by atoms with Crippen LogP contribution in [-0.2, 0) is 15.1 Å². The summed E-state index contributed by atoms with van der Waals surface area (Å²) in [6, 6.07) is 1.87. The van der Waals surface area contributed by atoms with Crippen LogP contribution >= 0.6 is 0 Å². The lowest BCUT2D eigenvalue weighted by Gasteiger charge is -2.28. The first-order valence-corrected chi connectivity index (χ1v) is 6.42. The highest BCUT2D eigenvalue weighted by molar-refractivity contribution is 5.78. The van der Waals surface area contributed by atoms with E-state index in [1.807, 2.05) is 0 Å². The lowest BCUT2D eigenvalue weighted by Crippen LogP contribution is -2.47. The molecule has 0 aliphatic carbocycles.